The van der Waals surface area contributed by atoms with Crippen LogP contribution in [0.2, 0.25) is 0 Å². The first-order valence-electron chi connectivity index (χ1n) is 9.24. The van der Waals surface area contributed by atoms with Crippen LogP contribution in [0.3, 0.4) is 0 Å². The van der Waals surface area contributed by atoms with Gasteiger partial charge in [0.1, 0.15) is 5.75 Å². The van der Waals surface area contributed by atoms with E-state index >= 15 is 0 Å². The zero-order chi connectivity index (χ0) is 18.3. The summed E-state index contributed by atoms with van der Waals surface area (Å²) in [4.78, 5) is 14.1. The number of fused-ring (bicyclic) bond motifs is 4. The summed E-state index contributed by atoms with van der Waals surface area (Å²) in [5, 5.41) is 0. The number of benzene rings is 1. The molecule has 4 rings (SSSR count). The molecule has 0 spiro atoms. The van der Waals surface area contributed by atoms with Crippen LogP contribution in [0.1, 0.15) is 37.0 Å². The van der Waals surface area contributed by atoms with E-state index in [0.717, 1.165) is 25.9 Å². The third kappa shape index (κ3) is 2.78. The molecule has 1 aromatic carbocycles. The fraction of sp³-hybridized carbons (Fsp3) is 0.409. The molecular formula is C22H25NO3. The quantitative estimate of drug-likeness (QED) is 0.473. The van der Waals surface area contributed by atoms with Crippen LogP contribution in [0, 0.1) is 5.92 Å². The van der Waals surface area contributed by atoms with E-state index in [1.165, 1.54) is 22.8 Å². The van der Waals surface area contributed by atoms with Gasteiger partial charge in [-0.15, -0.1) is 0 Å². The topological polar surface area (TPSA) is 42.7 Å². The van der Waals surface area contributed by atoms with E-state index in [4.69, 9.17) is 9.15 Å². The lowest BCUT2D eigenvalue weighted by molar-refractivity contribution is -0.128. The van der Waals surface area contributed by atoms with E-state index in [9.17, 15) is 4.79 Å². The van der Waals surface area contributed by atoms with Crippen molar-refractivity contribution < 1.29 is 13.9 Å². The Hall–Kier alpha value is -2.33. The van der Waals surface area contributed by atoms with Crippen LogP contribution in [0.5, 0.6) is 5.75 Å². The van der Waals surface area contributed by atoms with Crippen molar-refractivity contribution in [1.82, 2.24) is 4.90 Å². The van der Waals surface area contributed by atoms with Crippen LogP contribution in [-0.2, 0) is 23.2 Å². The van der Waals surface area contributed by atoms with Crippen molar-refractivity contribution in [3.8, 4) is 5.75 Å². The maximum Gasteiger partial charge on any atom is 0.335 e. The number of furan rings is 1. The highest BCUT2D eigenvalue weighted by Gasteiger charge is 2.48. The summed E-state index contributed by atoms with van der Waals surface area (Å²) >= 11 is 0. The molecule has 1 fully saturated rings. The number of esters is 1. The molecule has 0 amide bonds. The maximum atomic E-state index is 11.5. The minimum atomic E-state index is -0.410. The van der Waals surface area contributed by atoms with Crippen LogP contribution in [-0.4, -0.2) is 23.5 Å². The second-order valence-corrected chi connectivity index (χ2v) is 7.77. The Balaban J connectivity index is 1.64. The lowest BCUT2D eigenvalue weighted by Gasteiger charge is -2.54. The monoisotopic (exact) mass is 351 g/mol. The highest BCUT2D eigenvalue weighted by molar-refractivity contribution is 5.83. The summed E-state index contributed by atoms with van der Waals surface area (Å²) in [6, 6.07) is 8.65. The molecule has 4 heteroatoms. The van der Waals surface area contributed by atoms with Crippen LogP contribution in [0.4, 0.5) is 0 Å². The van der Waals surface area contributed by atoms with Crippen LogP contribution >= 0.6 is 0 Å². The molecule has 0 unspecified atom stereocenters. The summed E-state index contributed by atoms with van der Waals surface area (Å²) in [6.07, 6.45) is 6.91. The predicted molar refractivity (Wildman–Crippen MR) is 100 cm³/mol. The molecule has 0 saturated carbocycles. The lowest BCUT2D eigenvalue weighted by Crippen LogP contribution is -2.57. The first-order chi connectivity index (χ1) is 12.5. The highest BCUT2D eigenvalue weighted by atomic mass is 16.5. The van der Waals surface area contributed by atoms with Crippen LogP contribution in [0.25, 0.3) is 0 Å². The van der Waals surface area contributed by atoms with Gasteiger partial charge in [0.2, 0.25) is 0 Å². The zero-order valence-corrected chi connectivity index (χ0v) is 15.4. The Morgan fingerprint density at radius 2 is 2.31 bits per heavy atom. The molecule has 1 aliphatic heterocycles. The minimum Gasteiger partial charge on any atom is -0.472 e. The zero-order valence-electron chi connectivity index (χ0n) is 15.4. The molecule has 3 atom stereocenters. The van der Waals surface area contributed by atoms with Crippen molar-refractivity contribution in [3.05, 3.63) is 66.1 Å². The molecule has 1 aliphatic carbocycles. The summed E-state index contributed by atoms with van der Waals surface area (Å²) in [5.74, 6) is 0.731. The third-order valence-corrected chi connectivity index (χ3v) is 6.45. The van der Waals surface area contributed by atoms with Crippen molar-refractivity contribution in [2.24, 2.45) is 5.92 Å². The Morgan fingerprint density at radius 3 is 3.04 bits per heavy atom. The summed E-state index contributed by atoms with van der Waals surface area (Å²) in [7, 11) is 0. The van der Waals surface area contributed by atoms with Gasteiger partial charge in [0.25, 0.3) is 0 Å². The van der Waals surface area contributed by atoms with E-state index < -0.39 is 5.97 Å². The molecule has 0 N–H and O–H groups in total. The molecule has 26 heavy (non-hydrogen) atoms. The van der Waals surface area contributed by atoms with Crippen molar-refractivity contribution in [2.45, 2.75) is 44.7 Å². The van der Waals surface area contributed by atoms with E-state index in [-0.39, 0.29) is 5.41 Å². The predicted octanol–water partition coefficient (Wildman–Crippen LogP) is 4.10. The number of carbonyl (C=O) groups is 1. The molecule has 2 bridgehead atoms. The van der Waals surface area contributed by atoms with Crippen molar-refractivity contribution in [2.75, 3.05) is 6.54 Å². The van der Waals surface area contributed by atoms with E-state index in [0.29, 0.717) is 17.7 Å². The second kappa shape index (κ2) is 6.44. The van der Waals surface area contributed by atoms with Crippen LogP contribution < -0.4 is 4.74 Å². The van der Waals surface area contributed by atoms with Gasteiger partial charge in [0, 0.05) is 24.2 Å². The second-order valence-electron chi connectivity index (χ2n) is 7.77. The summed E-state index contributed by atoms with van der Waals surface area (Å²) < 4.78 is 10.6. The van der Waals surface area contributed by atoms with Gasteiger partial charge in [-0.2, -0.15) is 0 Å². The number of piperidine rings is 1. The summed E-state index contributed by atoms with van der Waals surface area (Å²) in [5.41, 5.74) is 4.03. The number of nitrogens with zero attached hydrogens (tertiary/aromatic N) is 1. The van der Waals surface area contributed by atoms with Crippen molar-refractivity contribution in [1.29, 1.82) is 0 Å². The van der Waals surface area contributed by atoms with Gasteiger partial charge in [-0.25, -0.2) is 4.79 Å². The number of hydrogen-bond donors (Lipinski definition) is 0. The SMILES string of the molecule is C=CC(=O)Oc1ccc2c(c1)[C@]1(C)CCN(Cc3ccoc3)[C@@H](C2)[C@H]1C. The Bertz CT molecular complexity index is 826. The van der Waals surface area contributed by atoms with E-state index in [1.807, 2.05) is 12.3 Å². The lowest BCUT2D eigenvalue weighted by atomic mass is 9.59. The fourth-order valence-electron chi connectivity index (χ4n) is 4.72. The third-order valence-electron chi connectivity index (χ3n) is 6.45. The standard InChI is InChI=1S/C22H25NO3/c1-4-21(24)26-18-6-5-17-11-20-15(2)22(3,19(17)12-18)8-9-23(20)13-16-7-10-25-14-16/h4-7,10,12,14-15,20H,1,8-9,11,13H2,2-3H3/t15-,20+,22-/m1/s1. The van der Waals surface area contributed by atoms with Gasteiger partial charge in [0.05, 0.1) is 12.5 Å². The smallest absolute Gasteiger partial charge is 0.335 e. The molecule has 1 saturated heterocycles. The highest BCUT2D eigenvalue weighted by Crippen LogP contribution is 2.49. The molecular weight excluding hydrogens is 326 g/mol. The average molecular weight is 351 g/mol. The number of likely N-dealkylation sites (tertiary alicyclic amines) is 1. The molecule has 4 nitrogen and oxygen atoms in total. The van der Waals surface area contributed by atoms with Crippen molar-refractivity contribution >= 4 is 5.97 Å². The van der Waals surface area contributed by atoms with Gasteiger partial charge in [-0.3, -0.25) is 4.90 Å². The maximum absolute atomic E-state index is 11.5. The number of carbonyl (C=O) groups excluding carboxylic acids is 1. The molecule has 1 aromatic heterocycles. The van der Waals surface area contributed by atoms with Crippen LogP contribution in [0.15, 0.2) is 53.9 Å². The van der Waals surface area contributed by atoms with Crippen molar-refractivity contribution in [3.63, 3.8) is 0 Å². The van der Waals surface area contributed by atoms with Gasteiger partial charge in [0.15, 0.2) is 0 Å². The Labute approximate surface area is 154 Å². The first kappa shape index (κ1) is 17.1. The Morgan fingerprint density at radius 1 is 1.46 bits per heavy atom. The van der Waals surface area contributed by atoms with Gasteiger partial charge in [-0.1, -0.05) is 26.5 Å². The number of ether oxygens (including phenoxy) is 1. The number of rotatable bonds is 4. The average Bonchev–Trinajstić information content (AvgIpc) is 3.14. The molecule has 136 valence electrons. The fourth-order valence-corrected chi connectivity index (χ4v) is 4.72. The normalized spacial score (nSPS) is 27.6. The molecule has 2 heterocycles. The molecule has 0 radical (unpaired) electrons. The largest absolute Gasteiger partial charge is 0.472 e. The number of hydrogen-bond acceptors (Lipinski definition) is 4. The first-order valence-corrected chi connectivity index (χ1v) is 9.24. The molecule has 2 aliphatic rings. The van der Waals surface area contributed by atoms with E-state index in [2.05, 4.69) is 43.5 Å². The Kier molecular flexibility index (Phi) is 4.23. The molecule has 2 aromatic rings. The minimum absolute atomic E-state index is 0.0990. The van der Waals surface area contributed by atoms with Gasteiger partial charge in [-0.05, 0) is 60.0 Å². The van der Waals surface area contributed by atoms with E-state index in [1.54, 1.807) is 6.26 Å². The van der Waals surface area contributed by atoms with Gasteiger partial charge >= 0.3 is 5.97 Å². The summed E-state index contributed by atoms with van der Waals surface area (Å²) in [6.45, 7) is 10.2. The van der Waals surface area contributed by atoms with Gasteiger partial charge < -0.3 is 9.15 Å².